The number of halogens is 3. The number of anilines is 1. The summed E-state index contributed by atoms with van der Waals surface area (Å²) in [6.07, 6.45) is -4.49. The Bertz CT molecular complexity index is 410. The Kier molecular flexibility index (Phi) is 3.11. The molecule has 0 fully saturated rings. The smallest absolute Gasteiger partial charge is 0.384 e. The molecule has 0 unspecified atom stereocenters. The lowest BCUT2D eigenvalue weighted by Crippen LogP contribution is -2.20. The minimum atomic E-state index is -4.49. The first kappa shape index (κ1) is 12.4. The summed E-state index contributed by atoms with van der Waals surface area (Å²) < 4.78 is 37.7. The van der Waals surface area contributed by atoms with Gasteiger partial charge in [-0.1, -0.05) is 0 Å². The van der Waals surface area contributed by atoms with Gasteiger partial charge in [0.1, 0.15) is 5.84 Å². The number of nitrogens with zero attached hydrogens (tertiary/aromatic N) is 1. The van der Waals surface area contributed by atoms with Gasteiger partial charge in [0.15, 0.2) is 0 Å². The number of hydrogen-bond donors (Lipinski definition) is 2. The monoisotopic (exact) mass is 231 g/mol. The van der Waals surface area contributed by atoms with Crippen LogP contribution in [-0.4, -0.2) is 19.9 Å². The Hall–Kier alpha value is -1.72. The lowest BCUT2D eigenvalue weighted by molar-refractivity contribution is -0.137. The van der Waals surface area contributed by atoms with Gasteiger partial charge in [-0.2, -0.15) is 13.2 Å². The summed E-state index contributed by atoms with van der Waals surface area (Å²) in [4.78, 5) is 1.65. The number of alkyl halides is 3. The first-order valence-corrected chi connectivity index (χ1v) is 4.46. The van der Waals surface area contributed by atoms with Gasteiger partial charge in [-0.25, -0.2) is 0 Å². The summed E-state index contributed by atoms with van der Waals surface area (Å²) in [6.45, 7) is 0. The molecule has 0 aliphatic heterocycles. The van der Waals surface area contributed by atoms with E-state index in [-0.39, 0.29) is 5.56 Å². The Morgan fingerprint density at radius 1 is 1.31 bits per heavy atom. The van der Waals surface area contributed by atoms with Crippen molar-refractivity contribution in [1.29, 1.82) is 5.41 Å². The maximum Gasteiger partial charge on any atom is 0.417 e. The van der Waals surface area contributed by atoms with E-state index in [9.17, 15) is 13.2 Å². The minimum absolute atomic E-state index is 0.293. The van der Waals surface area contributed by atoms with Crippen LogP contribution in [0.4, 0.5) is 18.9 Å². The van der Waals surface area contributed by atoms with E-state index in [0.717, 1.165) is 6.07 Å². The minimum Gasteiger partial charge on any atom is -0.384 e. The van der Waals surface area contributed by atoms with Crippen molar-refractivity contribution in [2.75, 3.05) is 19.0 Å². The zero-order chi connectivity index (χ0) is 12.5. The molecule has 6 heteroatoms. The number of benzene rings is 1. The van der Waals surface area contributed by atoms with Gasteiger partial charge in [-0.15, -0.1) is 0 Å². The molecule has 16 heavy (non-hydrogen) atoms. The maximum absolute atomic E-state index is 12.6. The first-order valence-electron chi connectivity index (χ1n) is 4.46. The van der Waals surface area contributed by atoms with Crippen molar-refractivity contribution in [3.8, 4) is 0 Å². The maximum atomic E-state index is 12.6. The van der Waals surface area contributed by atoms with Crippen molar-refractivity contribution >= 4 is 11.5 Å². The van der Waals surface area contributed by atoms with Crippen molar-refractivity contribution in [3.63, 3.8) is 0 Å². The zero-order valence-corrected chi connectivity index (χ0v) is 8.89. The van der Waals surface area contributed by atoms with Crippen LogP contribution in [0.15, 0.2) is 18.2 Å². The molecule has 0 heterocycles. The van der Waals surface area contributed by atoms with E-state index in [0.29, 0.717) is 5.69 Å². The molecule has 0 aliphatic carbocycles. The van der Waals surface area contributed by atoms with Crippen LogP contribution in [-0.2, 0) is 6.18 Å². The summed E-state index contributed by atoms with van der Waals surface area (Å²) >= 11 is 0. The van der Waals surface area contributed by atoms with Gasteiger partial charge >= 0.3 is 6.18 Å². The normalized spacial score (nSPS) is 11.3. The molecule has 0 saturated heterocycles. The Balaban J connectivity index is 3.37. The van der Waals surface area contributed by atoms with E-state index < -0.39 is 17.6 Å². The van der Waals surface area contributed by atoms with Crippen LogP contribution in [0.1, 0.15) is 11.1 Å². The fraction of sp³-hybridized carbons (Fsp3) is 0.300. The SMILES string of the molecule is CN(C)c1ccc(C(F)(F)F)c(C(=N)N)c1. The molecule has 0 spiro atoms. The summed E-state index contributed by atoms with van der Waals surface area (Å²) in [5.41, 5.74) is 4.54. The molecule has 1 aromatic rings. The third-order valence-corrected chi connectivity index (χ3v) is 2.12. The van der Waals surface area contributed by atoms with E-state index >= 15 is 0 Å². The molecule has 3 N–H and O–H groups in total. The van der Waals surface area contributed by atoms with E-state index in [1.165, 1.54) is 12.1 Å². The highest BCUT2D eigenvalue weighted by Crippen LogP contribution is 2.33. The standard InChI is InChI=1S/C10H12F3N3/c1-16(2)6-3-4-8(10(11,12)13)7(5-6)9(14)15/h3-5H,1-2H3,(H3,14,15). The van der Waals surface area contributed by atoms with E-state index in [4.69, 9.17) is 11.1 Å². The summed E-state index contributed by atoms with van der Waals surface area (Å²) in [7, 11) is 3.40. The third-order valence-electron chi connectivity index (χ3n) is 2.12. The Labute approximate surface area is 91.2 Å². The molecule has 0 atom stereocenters. The molecule has 1 rings (SSSR count). The van der Waals surface area contributed by atoms with Crippen molar-refractivity contribution < 1.29 is 13.2 Å². The third kappa shape index (κ3) is 2.44. The largest absolute Gasteiger partial charge is 0.417 e. The highest BCUT2D eigenvalue weighted by molar-refractivity contribution is 5.97. The number of hydrogen-bond acceptors (Lipinski definition) is 2. The van der Waals surface area contributed by atoms with Crippen LogP contribution in [0, 0.1) is 5.41 Å². The van der Waals surface area contributed by atoms with Crippen LogP contribution in [0.2, 0.25) is 0 Å². The molecule has 0 amide bonds. The number of nitrogens with two attached hydrogens (primary N) is 1. The van der Waals surface area contributed by atoms with Crippen molar-refractivity contribution in [3.05, 3.63) is 29.3 Å². The highest BCUT2D eigenvalue weighted by Gasteiger charge is 2.34. The second-order valence-electron chi connectivity index (χ2n) is 3.54. The van der Waals surface area contributed by atoms with Gasteiger partial charge in [0.05, 0.1) is 5.56 Å². The predicted octanol–water partition coefficient (Wildman–Crippen LogP) is 2.06. The van der Waals surface area contributed by atoms with Crippen molar-refractivity contribution in [2.45, 2.75) is 6.18 Å². The van der Waals surface area contributed by atoms with Crippen molar-refractivity contribution in [1.82, 2.24) is 0 Å². The lowest BCUT2D eigenvalue weighted by Gasteiger charge is -2.17. The highest BCUT2D eigenvalue weighted by atomic mass is 19.4. The fourth-order valence-corrected chi connectivity index (χ4v) is 1.28. The average molecular weight is 231 g/mol. The molecule has 88 valence electrons. The summed E-state index contributed by atoms with van der Waals surface area (Å²) in [5.74, 6) is -0.587. The summed E-state index contributed by atoms with van der Waals surface area (Å²) in [5, 5.41) is 7.15. The number of rotatable bonds is 2. The molecular weight excluding hydrogens is 219 g/mol. The van der Waals surface area contributed by atoms with Crippen LogP contribution in [0.25, 0.3) is 0 Å². The predicted molar refractivity (Wildman–Crippen MR) is 56.8 cm³/mol. The van der Waals surface area contributed by atoms with Crippen LogP contribution >= 0.6 is 0 Å². The number of amidine groups is 1. The molecule has 0 aromatic heterocycles. The topological polar surface area (TPSA) is 53.1 Å². The fourth-order valence-electron chi connectivity index (χ4n) is 1.28. The molecule has 3 nitrogen and oxygen atoms in total. The quantitative estimate of drug-likeness (QED) is 0.604. The second-order valence-corrected chi connectivity index (χ2v) is 3.54. The van der Waals surface area contributed by atoms with E-state index in [2.05, 4.69) is 0 Å². The Morgan fingerprint density at radius 3 is 2.25 bits per heavy atom. The zero-order valence-electron chi connectivity index (χ0n) is 8.89. The number of nitrogens with one attached hydrogen (secondary N) is 1. The molecule has 0 radical (unpaired) electrons. The van der Waals surface area contributed by atoms with Gasteiger partial charge in [-0.3, -0.25) is 5.41 Å². The number of nitrogen functional groups attached to an aromatic ring is 1. The van der Waals surface area contributed by atoms with Crippen LogP contribution in [0.3, 0.4) is 0 Å². The Morgan fingerprint density at radius 2 is 1.88 bits per heavy atom. The molecule has 0 bridgehead atoms. The van der Waals surface area contributed by atoms with E-state index in [1.807, 2.05) is 0 Å². The van der Waals surface area contributed by atoms with Gasteiger partial charge in [-0.05, 0) is 18.2 Å². The summed E-state index contributed by atoms with van der Waals surface area (Å²) in [6, 6.07) is 3.53. The van der Waals surface area contributed by atoms with Gasteiger partial charge < -0.3 is 10.6 Å². The van der Waals surface area contributed by atoms with Crippen LogP contribution in [0.5, 0.6) is 0 Å². The molecule has 1 aromatic carbocycles. The molecular formula is C10H12F3N3. The van der Waals surface area contributed by atoms with Gasteiger partial charge in [0.2, 0.25) is 0 Å². The van der Waals surface area contributed by atoms with Crippen molar-refractivity contribution in [2.24, 2.45) is 5.73 Å². The molecule has 0 aliphatic rings. The average Bonchev–Trinajstić information content (AvgIpc) is 2.15. The first-order chi connectivity index (χ1) is 7.23. The van der Waals surface area contributed by atoms with Crippen LogP contribution < -0.4 is 10.6 Å². The lowest BCUT2D eigenvalue weighted by atomic mass is 10.0. The molecule has 0 saturated carbocycles. The second kappa shape index (κ2) is 4.03. The van der Waals surface area contributed by atoms with E-state index in [1.54, 1.807) is 19.0 Å². The van der Waals surface area contributed by atoms with Gasteiger partial charge in [0, 0.05) is 25.3 Å². The van der Waals surface area contributed by atoms with Gasteiger partial charge in [0.25, 0.3) is 0 Å².